The second kappa shape index (κ2) is 8.78. The van der Waals surface area contributed by atoms with E-state index in [1.165, 1.54) is 31.4 Å². The van der Waals surface area contributed by atoms with Gasteiger partial charge in [-0.2, -0.15) is 4.98 Å². The average Bonchev–Trinajstić information content (AvgIpc) is 3.33. The number of aromatic nitrogens is 3. The number of nitrogens with zero attached hydrogens (tertiary/aromatic N) is 4. The van der Waals surface area contributed by atoms with Crippen molar-refractivity contribution in [1.29, 1.82) is 0 Å². The van der Waals surface area contributed by atoms with Crippen LogP contribution in [0.1, 0.15) is 44.6 Å². The molecule has 7 nitrogen and oxygen atoms in total. The number of fused-ring (bicyclic) bond motifs is 2. The molecular formula is C26H32N6O. The van der Waals surface area contributed by atoms with Gasteiger partial charge in [0.1, 0.15) is 5.65 Å². The zero-order valence-electron chi connectivity index (χ0n) is 19.0. The van der Waals surface area contributed by atoms with E-state index in [-0.39, 0.29) is 11.6 Å². The molecule has 3 fully saturated rings. The molecule has 7 heteroatoms. The molecule has 2 saturated carbocycles. The highest BCUT2D eigenvalue weighted by atomic mass is 16.1. The Kier molecular flexibility index (Phi) is 5.50. The van der Waals surface area contributed by atoms with E-state index in [0.29, 0.717) is 5.95 Å². The molecule has 0 radical (unpaired) electrons. The lowest BCUT2D eigenvalue weighted by molar-refractivity contribution is 0.210. The van der Waals surface area contributed by atoms with Gasteiger partial charge in [-0.1, -0.05) is 19.3 Å². The topological polar surface area (TPSA) is 75.1 Å². The second-order valence-corrected chi connectivity index (χ2v) is 9.84. The van der Waals surface area contributed by atoms with Gasteiger partial charge in [-0.05, 0) is 61.4 Å². The molecule has 2 aromatic heterocycles. The van der Waals surface area contributed by atoms with Gasteiger partial charge >= 0.3 is 0 Å². The molecular weight excluding hydrogens is 412 g/mol. The second-order valence-electron chi connectivity index (χ2n) is 9.84. The molecule has 6 rings (SSSR count). The van der Waals surface area contributed by atoms with Crippen molar-refractivity contribution in [3.05, 3.63) is 52.9 Å². The Morgan fingerprint density at radius 2 is 1.76 bits per heavy atom. The van der Waals surface area contributed by atoms with Gasteiger partial charge in [-0.25, -0.2) is 4.98 Å². The first-order valence-electron chi connectivity index (χ1n) is 12.5. The Balaban J connectivity index is 1.26. The fourth-order valence-electron chi connectivity index (χ4n) is 6.17. The van der Waals surface area contributed by atoms with Crippen LogP contribution in [0.2, 0.25) is 0 Å². The Bertz CT molecular complexity index is 1180. The number of anilines is 3. The third-order valence-corrected chi connectivity index (χ3v) is 7.90. The van der Waals surface area contributed by atoms with E-state index in [1.54, 1.807) is 6.07 Å². The first kappa shape index (κ1) is 20.7. The fourth-order valence-corrected chi connectivity index (χ4v) is 6.17. The standard InChI is InChI=1S/C26H32N6O/c33-24-11-5-20-17-28-26(29-21-6-9-22(10-7-21)31-14-12-27-13-15-31)30-25(20)32(24)23-8-4-18-2-1-3-19(18)16-23/h5-7,9-11,17-19,23,27H,1-4,8,12-16H2,(H,28,29,30). The summed E-state index contributed by atoms with van der Waals surface area (Å²) < 4.78 is 1.95. The van der Waals surface area contributed by atoms with Crippen LogP contribution in [0.5, 0.6) is 0 Å². The van der Waals surface area contributed by atoms with Crippen LogP contribution in [0.25, 0.3) is 11.0 Å². The molecule has 33 heavy (non-hydrogen) atoms. The van der Waals surface area contributed by atoms with Crippen molar-refractivity contribution >= 4 is 28.4 Å². The summed E-state index contributed by atoms with van der Waals surface area (Å²) in [6, 6.07) is 12.2. The summed E-state index contributed by atoms with van der Waals surface area (Å²) in [5, 5.41) is 7.65. The number of rotatable bonds is 4. The normalized spacial score (nSPS) is 25.2. The Hall–Kier alpha value is -2.93. The van der Waals surface area contributed by atoms with Crippen LogP contribution in [0.3, 0.4) is 0 Å². The maximum absolute atomic E-state index is 13.0. The maximum Gasteiger partial charge on any atom is 0.252 e. The minimum Gasteiger partial charge on any atom is -0.369 e. The molecule has 0 spiro atoms. The zero-order chi connectivity index (χ0) is 22.2. The number of benzene rings is 1. The molecule has 3 heterocycles. The Labute approximate surface area is 194 Å². The minimum absolute atomic E-state index is 0.0500. The van der Waals surface area contributed by atoms with E-state index in [1.807, 2.05) is 16.8 Å². The van der Waals surface area contributed by atoms with Crippen LogP contribution in [-0.4, -0.2) is 40.7 Å². The molecule has 1 aromatic carbocycles. The molecule has 3 atom stereocenters. The van der Waals surface area contributed by atoms with E-state index < -0.39 is 0 Å². The predicted octanol–water partition coefficient (Wildman–Crippen LogP) is 4.09. The summed E-state index contributed by atoms with van der Waals surface area (Å²) in [5.41, 5.74) is 2.98. The Morgan fingerprint density at radius 1 is 0.939 bits per heavy atom. The smallest absolute Gasteiger partial charge is 0.252 e. The molecule has 1 aliphatic heterocycles. The minimum atomic E-state index is 0.0500. The van der Waals surface area contributed by atoms with E-state index in [9.17, 15) is 4.79 Å². The molecule has 3 aliphatic rings. The van der Waals surface area contributed by atoms with Crippen LogP contribution in [-0.2, 0) is 0 Å². The maximum atomic E-state index is 13.0. The Morgan fingerprint density at radius 3 is 2.61 bits per heavy atom. The highest BCUT2D eigenvalue weighted by Crippen LogP contribution is 2.45. The molecule has 0 bridgehead atoms. The van der Waals surface area contributed by atoms with Crippen molar-refractivity contribution < 1.29 is 0 Å². The number of hydrogen-bond donors (Lipinski definition) is 2. The van der Waals surface area contributed by atoms with Crippen molar-refractivity contribution in [2.75, 3.05) is 36.4 Å². The van der Waals surface area contributed by atoms with Crippen molar-refractivity contribution in [2.45, 2.75) is 44.6 Å². The van der Waals surface area contributed by atoms with Crippen molar-refractivity contribution in [1.82, 2.24) is 19.9 Å². The number of pyridine rings is 1. The van der Waals surface area contributed by atoms with Gasteiger partial charge in [0.05, 0.1) is 0 Å². The van der Waals surface area contributed by atoms with Gasteiger partial charge in [0, 0.05) is 61.2 Å². The van der Waals surface area contributed by atoms with Gasteiger partial charge in [0.15, 0.2) is 0 Å². The summed E-state index contributed by atoms with van der Waals surface area (Å²) in [4.78, 5) is 24.7. The van der Waals surface area contributed by atoms with Gasteiger partial charge in [0.25, 0.3) is 5.56 Å². The summed E-state index contributed by atoms with van der Waals surface area (Å²) in [6.07, 6.45) is 9.25. The van der Waals surface area contributed by atoms with Gasteiger partial charge in [-0.3, -0.25) is 9.36 Å². The van der Waals surface area contributed by atoms with Crippen LogP contribution in [0.4, 0.5) is 17.3 Å². The molecule has 2 aliphatic carbocycles. The molecule has 2 N–H and O–H groups in total. The van der Waals surface area contributed by atoms with E-state index in [4.69, 9.17) is 4.98 Å². The predicted molar refractivity (Wildman–Crippen MR) is 132 cm³/mol. The van der Waals surface area contributed by atoms with Gasteiger partial charge in [0.2, 0.25) is 5.95 Å². The SMILES string of the molecule is O=c1ccc2cnc(Nc3ccc(N4CCNCC4)cc3)nc2n1C1CCC2CCCC2C1. The summed E-state index contributed by atoms with van der Waals surface area (Å²) >= 11 is 0. The average molecular weight is 445 g/mol. The van der Waals surface area contributed by atoms with E-state index >= 15 is 0 Å². The van der Waals surface area contributed by atoms with Crippen LogP contribution in [0.15, 0.2) is 47.4 Å². The summed E-state index contributed by atoms with van der Waals surface area (Å²) in [7, 11) is 0. The van der Waals surface area contributed by atoms with Gasteiger partial charge < -0.3 is 15.5 Å². The highest BCUT2D eigenvalue weighted by Gasteiger charge is 2.35. The van der Waals surface area contributed by atoms with Crippen LogP contribution >= 0.6 is 0 Å². The van der Waals surface area contributed by atoms with Crippen molar-refractivity contribution in [2.24, 2.45) is 11.8 Å². The zero-order valence-corrected chi connectivity index (χ0v) is 19.0. The van der Waals surface area contributed by atoms with E-state index in [2.05, 4.69) is 44.8 Å². The lowest BCUT2D eigenvalue weighted by Gasteiger charge is -2.33. The van der Waals surface area contributed by atoms with E-state index in [0.717, 1.165) is 67.6 Å². The highest BCUT2D eigenvalue weighted by molar-refractivity contribution is 5.76. The van der Waals surface area contributed by atoms with Gasteiger partial charge in [-0.15, -0.1) is 0 Å². The van der Waals surface area contributed by atoms with Crippen LogP contribution in [0, 0.1) is 11.8 Å². The number of hydrogen-bond acceptors (Lipinski definition) is 6. The third-order valence-electron chi connectivity index (χ3n) is 7.90. The van der Waals surface area contributed by atoms with Crippen LogP contribution < -0.4 is 21.1 Å². The summed E-state index contributed by atoms with van der Waals surface area (Å²) in [5.74, 6) is 2.16. The monoisotopic (exact) mass is 444 g/mol. The number of nitrogens with one attached hydrogen (secondary N) is 2. The molecule has 0 amide bonds. The van der Waals surface area contributed by atoms with Crippen molar-refractivity contribution in [3.8, 4) is 0 Å². The quantitative estimate of drug-likeness (QED) is 0.631. The fraction of sp³-hybridized carbons (Fsp3) is 0.500. The molecule has 3 unspecified atom stereocenters. The third kappa shape index (κ3) is 4.10. The first-order chi connectivity index (χ1) is 16.2. The lowest BCUT2D eigenvalue weighted by atomic mass is 9.79. The molecule has 172 valence electrons. The molecule has 3 aromatic rings. The number of piperazine rings is 1. The lowest BCUT2D eigenvalue weighted by Crippen LogP contribution is -2.43. The molecule has 1 saturated heterocycles. The first-order valence-corrected chi connectivity index (χ1v) is 12.5. The van der Waals surface area contributed by atoms with Crippen molar-refractivity contribution in [3.63, 3.8) is 0 Å². The largest absolute Gasteiger partial charge is 0.369 e. The summed E-state index contributed by atoms with van der Waals surface area (Å²) in [6.45, 7) is 4.10.